The Morgan fingerprint density at radius 3 is 2.79 bits per heavy atom. The van der Waals surface area contributed by atoms with Crippen LogP contribution in [0.3, 0.4) is 0 Å². The van der Waals surface area contributed by atoms with E-state index in [1.807, 2.05) is 30.3 Å². The molecule has 2 N–H and O–H groups in total. The average molecular weight is 430 g/mol. The van der Waals surface area contributed by atoms with E-state index in [2.05, 4.69) is 20.3 Å². The molecule has 0 saturated heterocycles. The quantitative estimate of drug-likeness (QED) is 0.472. The largest absolute Gasteiger partial charge is 0.325 e. The fraction of sp³-hybridized carbons (Fsp3) is 0.0526. The normalized spacial score (nSPS) is 11.0. The number of benzene rings is 2. The number of anilines is 1. The zero-order chi connectivity index (χ0) is 20.4. The molecule has 0 aliphatic heterocycles. The molecule has 2 aromatic heterocycles. The summed E-state index contributed by atoms with van der Waals surface area (Å²) < 4.78 is 15.0. The molecule has 2 aromatic carbocycles. The molecule has 0 atom stereocenters. The molecular weight excluding hydrogens is 417 g/mol. The van der Waals surface area contributed by atoms with E-state index in [-0.39, 0.29) is 27.8 Å². The lowest BCUT2D eigenvalue weighted by Gasteiger charge is -2.09. The number of nitrogens with zero attached hydrogens (tertiary/aromatic N) is 3. The maximum absolute atomic E-state index is 13.3. The molecule has 0 unspecified atom stereocenters. The summed E-state index contributed by atoms with van der Waals surface area (Å²) in [5.41, 5.74) is 1.37. The molecule has 0 aliphatic carbocycles. The molecule has 0 bridgehead atoms. The number of carbonyl (C=O) groups excluding carboxylic acids is 1. The van der Waals surface area contributed by atoms with Crippen LogP contribution in [0, 0.1) is 5.82 Å². The standard InChI is InChI=1S/C19H13ClFN5O2S/c20-13-8-11(6-7-14(13)21)24-15(27)9-29-19-25-16-17(22-10-23-18(16)28)26(19)12-4-2-1-3-5-12/h1-8,10H,9H2,(H,24,27)(H,22,23,28). The van der Waals surface area contributed by atoms with Gasteiger partial charge in [-0.1, -0.05) is 41.6 Å². The predicted octanol–water partition coefficient (Wildman–Crippen LogP) is 3.63. The van der Waals surface area contributed by atoms with E-state index in [1.165, 1.54) is 24.5 Å². The minimum atomic E-state index is -0.562. The van der Waals surface area contributed by atoms with Gasteiger partial charge in [0, 0.05) is 11.4 Å². The van der Waals surface area contributed by atoms with Crippen LogP contribution in [0.1, 0.15) is 0 Å². The number of hydrogen-bond donors (Lipinski definition) is 2. The molecule has 0 radical (unpaired) electrons. The SMILES string of the molecule is O=C(CSc1nc2c(=O)[nH]cnc2n1-c1ccccc1)Nc1ccc(F)c(Cl)c1. The average Bonchev–Trinajstić information content (AvgIpc) is 3.10. The van der Waals surface area contributed by atoms with Crippen LogP contribution in [0.15, 0.2) is 64.8 Å². The Hall–Kier alpha value is -3.17. The van der Waals surface area contributed by atoms with Crippen molar-refractivity contribution in [3.8, 4) is 5.69 Å². The van der Waals surface area contributed by atoms with Crippen molar-refractivity contribution in [2.45, 2.75) is 5.16 Å². The van der Waals surface area contributed by atoms with E-state index >= 15 is 0 Å². The summed E-state index contributed by atoms with van der Waals surface area (Å²) in [5, 5.41) is 3.02. The molecule has 2 heterocycles. The molecule has 0 spiro atoms. The molecule has 0 fully saturated rings. The summed E-state index contributed by atoms with van der Waals surface area (Å²) >= 11 is 6.89. The third-order valence-corrected chi connectivity index (χ3v) is 5.20. The summed E-state index contributed by atoms with van der Waals surface area (Å²) in [6.07, 6.45) is 1.31. The van der Waals surface area contributed by atoms with Gasteiger partial charge in [0.1, 0.15) is 5.82 Å². The molecule has 4 rings (SSSR count). The maximum Gasteiger partial charge on any atom is 0.278 e. The number of para-hydroxylation sites is 1. The fourth-order valence-electron chi connectivity index (χ4n) is 2.69. The first-order chi connectivity index (χ1) is 14.0. The summed E-state index contributed by atoms with van der Waals surface area (Å²) in [7, 11) is 0. The zero-order valence-electron chi connectivity index (χ0n) is 14.7. The molecule has 10 heteroatoms. The Bertz CT molecular complexity index is 1260. The maximum atomic E-state index is 13.3. The van der Waals surface area contributed by atoms with Crippen LogP contribution in [-0.2, 0) is 4.79 Å². The predicted molar refractivity (Wildman–Crippen MR) is 110 cm³/mol. The number of nitrogens with one attached hydrogen (secondary N) is 2. The Labute approximate surface area is 173 Å². The third-order valence-electron chi connectivity index (χ3n) is 3.97. The third kappa shape index (κ3) is 4.01. The summed E-state index contributed by atoms with van der Waals surface area (Å²) in [6, 6.07) is 13.2. The van der Waals surface area contributed by atoms with Crippen molar-refractivity contribution in [1.82, 2.24) is 19.5 Å². The Balaban J connectivity index is 1.60. The highest BCUT2D eigenvalue weighted by atomic mass is 35.5. The Morgan fingerprint density at radius 2 is 2.03 bits per heavy atom. The van der Waals surface area contributed by atoms with Gasteiger partial charge in [-0.15, -0.1) is 0 Å². The first-order valence-electron chi connectivity index (χ1n) is 8.42. The van der Waals surface area contributed by atoms with Gasteiger partial charge in [0.05, 0.1) is 17.1 Å². The highest BCUT2D eigenvalue weighted by Crippen LogP contribution is 2.26. The minimum Gasteiger partial charge on any atom is -0.325 e. The second-order valence-corrected chi connectivity index (χ2v) is 7.28. The van der Waals surface area contributed by atoms with Crippen molar-refractivity contribution in [3.63, 3.8) is 0 Å². The molecule has 1 amide bonds. The van der Waals surface area contributed by atoms with Gasteiger partial charge in [-0.3, -0.25) is 14.2 Å². The van der Waals surface area contributed by atoms with E-state index in [0.29, 0.717) is 16.5 Å². The number of H-pyrrole nitrogens is 1. The van der Waals surface area contributed by atoms with Gasteiger partial charge in [-0.2, -0.15) is 0 Å². The van der Waals surface area contributed by atoms with Crippen molar-refractivity contribution in [2.75, 3.05) is 11.1 Å². The van der Waals surface area contributed by atoms with Gasteiger partial charge in [-0.05, 0) is 30.3 Å². The molecule has 0 saturated carbocycles. The molecule has 146 valence electrons. The lowest BCUT2D eigenvalue weighted by atomic mass is 10.3. The summed E-state index contributed by atoms with van der Waals surface area (Å²) in [6.45, 7) is 0. The lowest BCUT2D eigenvalue weighted by Crippen LogP contribution is -2.14. The highest BCUT2D eigenvalue weighted by molar-refractivity contribution is 7.99. The molecule has 4 aromatic rings. The number of rotatable bonds is 5. The Kier molecular flexibility index (Phi) is 5.32. The van der Waals surface area contributed by atoms with Crippen LogP contribution in [0.25, 0.3) is 16.9 Å². The van der Waals surface area contributed by atoms with Gasteiger partial charge >= 0.3 is 0 Å². The van der Waals surface area contributed by atoms with Crippen molar-refractivity contribution < 1.29 is 9.18 Å². The number of halogens is 2. The van der Waals surface area contributed by atoms with Gasteiger partial charge in [0.2, 0.25) is 5.91 Å². The number of carbonyl (C=O) groups is 1. The van der Waals surface area contributed by atoms with Crippen LogP contribution in [0.5, 0.6) is 0 Å². The van der Waals surface area contributed by atoms with Crippen LogP contribution in [0.4, 0.5) is 10.1 Å². The van der Waals surface area contributed by atoms with Crippen LogP contribution >= 0.6 is 23.4 Å². The second kappa shape index (κ2) is 8.06. The summed E-state index contributed by atoms with van der Waals surface area (Å²) in [4.78, 5) is 35.5. The smallest absolute Gasteiger partial charge is 0.278 e. The van der Waals surface area contributed by atoms with Crippen molar-refractivity contribution >= 4 is 46.1 Å². The number of imidazole rings is 1. The van der Waals surface area contributed by atoms with Crippen molar-refractivity contribution in [1.29, 1.82) is 0 Å². The van der Waals surface area contributed by atoms with Gasteiger partial charge in [0.15, 0.2) is 16.3 Å². The number of thioether (sulfide) groups is 1. The van der Waals surface area contributed by atoms with E-state index in [1.54, 1.807) is 4.57 Å². The zero-order valence-corrected chi connectivity index (χ0v) is 16.3. The van der Waals surface area contributed by atoms with Crippen LogP contribution in [-0.4, -0.2) is 31.2 Å². The second-order valence-electron chi connectivity index (χ2n) is 5.93. The van der Waals surface area contributed by atoms with Crippen molar-refractivity contribution in [2.24, 2.45) is 0 Å². The topological polar surface area (TPSA) is 92.7 Å². The number of aromatic amines is 1. The first kappa shape index (κ1) is 19.2. The minimum absolute atomic E-state index is 0.0169. The highest BCUT2D eigenvalue weighted by Gasteiger charge is 2.17. The van der Waals surface area contributed by atoms with Crippen molar-refractivity contribution in [3.05, 3.63) is 76.1 Å². The number of aromatic nitrogens is 4. The molecule has 7 nitrogen and oxygen atoms in total. The van der Waals surface area contributed by atoms with E-state index in [9.17, 15) is 14.0 Å². The lowest BCUT2D eigenvalue weighted by molar-refractivity contribution is -0.113. The van der Waals surface area contributed by atoms with Crippen LogP contribution in [0.2, 0.25) is 5.02 Å². The number of fused-ring (bicyclic) bond motifs is 1. The Morgan fingerprint density at radius 1 is 1.24 bits per heavy atom. The fourth-order valence-corrected chi connectivity index (χ4v) is 3.68. The molecule has 29 heavy (non-hydrogen) atoms. The monoisotopic (exact) mass is 429 g/mol. The number of amides is 1. The van der Waals surface area contributed by atoms with Gasteiger partial charge in [0.25, 0.3) is 5.56 Å². The van der Waals surface area contributed by atoms with E-state index in [0.717, 1.165) is 17.4 Å². The summed E-state index contributed by atoms with van der Waals surface area (Å²) in [5.74, 6) is -0.872. The molecular formula is C19H13ClFN5O2S. The van der Waals surface area contributed by atoms with Gasteiger partial charge < -0.3 is 10.3 Å². The number of hydrogen-bond acceptors (Lipinski definition) is 5. The van der Waals surface area contributed by atoms with E-state index in [4.69, 9.17) is 11.6 Å². The first-order valence-corrected chi connectivity index (χ1v) is 9.78. The van der Waals surface area contributed by atoms with Crippen LogP contribution < -0.4 is 10.9 Å². The van der Waals surface area contributed by atoms with Gasteiger partial charge in [-0.25, -0.2) is 14.4 Å². The van der Waals surface area contributed by atoms with E-state index < -0.39 is 5.82 Å². The molecule has 0 aliphatic rings.